The van der Waals surface area contributed by atoms with Gasteiger partial charge < -0.3 is 5.32 Å². The normalized spacial score (nSPS) is 12.6. The van der Waals surface area contributed by atoms with Crippen LogP contribution in [0.1, 0.15) is 41.0 Å². The third kappa shape index (κ3) is 4.19. The van der Waals surface area contributed by atoms with Gasteiger partial charge in [0.2, 0.25) is 0 Å². The van der Waals surface area contributed by atoms with Crippen LogP contribution >= 0.6 is 11.3 Å². The number of thiophene rings is 1. The van der Waals surface area contributed by atoms with E-state index in [0.717, 1.165) is 19.4 Å². The molecule has 0 aliphatic rings. The number of hydrogen-bond donors (Lipinski definition) is 1. The lowest BCUT2D eigenvalue weighted by Gasteiger charge is -2.17. The van der Waals surface area contributed by atoms with E-state index in [1.807, 2.05) is 11.3 Å². The highest BCUT2D eigenvalue weighted by Crippen LogP contribution is 2.24. The molecule has 102 valence electrons. The van der Waals surface area contributed by atoms with E-state index in [-0.39, 0.29) is 0 Å². The largest absolute Gasteiger partial charge is 0.310 e. The van der Waals surface area contributed by atoms with Crippen molar-refractivity contribution in [2.24, 2.45) is 0 Å². The fourth-order valence-electron chi connectivity index (χ4n) is 2.35. The standard InChI is InChI=1S/C17H23NS/c1-4-18-17(16-11-14(3)19-12-16)10-9-15-7-5-13(2)6-8-15/h5-8,11-12,17-18H,4,9-10H2,1-3H3. The van der Waals surface area contributed by atoms with E-state index in [2.05, 4.69) is 61.8 Å². The van der Waals surface area contributed by atoms with E-state index >= 15 is 0 Å². The summed E-state index contributed by atoms with van der Waals surface area (Å²) in [5.74, 6) is 0. The number of aryl methyl sites for hydroxylation is 3. The molecule has 0 radical (unpaired) electrons. The van der Waals surface area contributed by atoms with Crippen molar-refractivity contribution >= 4 is 11.3 Å². The summed E-state index contributed by atoms with van der Waals surface area (Å²) in [5.41, 5.74) is 4.21. The Balaban J connectivity index is 1.99. The zero-order chi connectivity index (χ0) is 13.7. The Kier molecular flexibility index (Phi) is 5.17. The minimum atomic E-state index is 0.483. The van der Waals surface area contributed by atoms with E-state index in [9.17, 15) is 0 Å². The van der Waals surface area contributed by atoms with E-state index < -0.39 is 0 Å². The van der Waals surface area contributed by atoms with Crippen LogP contribution in [0.5, 0.6) is 0 Å². The number of rotatable bonds is 6. The van der Waals surface area contributed by atoms with Crippen molar-refractivity contribution in [1.29, 1.82) is 0 Å². The summed E-state index contributed by atoms with van der Waals surface area (Å²) in [5, 5.41) is 5.89. The molecule has 0 bridgehead atoms. The highest BCUT2D eigenvalue weighted by atomic mass is 32.1. The van der Waals surface area contributed by atoms with E-state index in [0.29, 0.717) is 6.04 Å². The van der Waals surface area contributed by atoms with Crippen LogP contribution in [0.25, 0.3) is 0 Å². The summed E-state index contributed by atoms with van der Waals surface area (Å²) >= 11 is 1.84. The van der Waals surface area contributed by atoms with Crippen molar-refractivity contribution in [2.45, 2.75) is 39.7 Å². The van der Waals surface area contributed by atoms with Crippen molar-refractivity contribution in [3.63, 3.8) is 0 Å². The van der Waals surface area contributed by atoms with Gasteiger partial charge in [0.25, 0.3) is 0 Å². The Bertz CT molecular complexity index is 498. The Morgan fingerprint density at radius 3 is 2.47 bits per heavy atom. The van der Waals surface area contributed by atoms with Crippen LogP contribution in [0.15, 0.2) is 35.7 Å². The van der Waals surface area contributed by atoms with Crippen LogP contribution in [0.4, 0.5) is 0 Å². The Morgan fingerprint density at radius 1 is 1.16 bits per heavy atom. The van der Waals surface area contributed by atoms with E-state index in [1.165, 1.54) is 21.6 Å². The van der Waals surface area contributed by atoms with Crippen molar-refractivity contribution < 1.29 is 0 Å². The first kappa shape index (κ1) is 14.3. The molecular weight excluding hydrogens is 250 g/mol. The van der Waals surface area contributed by atoms with Crippen LogP contribution in [-0.2, 0) is 6.42 Å². The van der Waals surface area contributed by atoms with E-state index in [4.69, 9.17) is 0 Å². The SMILES string of the molecule is CCNC(CCc1ccc(C)cc1)c1csc(C)c1. The third-order valence-electron chi connectivity index (χ3n) is 3.45. The molecule has 2 aromatic rings. The highest BCUT2D eigenvalue weighted by molar-refractivity contribution is 7.10. The molecule has 19 heavy (non-hydrogen) atoms. The monoisotopic (exact) mass is 273 g/mol. The molecule has 1 aromatic heterocycles. The molecule has 0 aliphatic heterocycles. The molecule has 1 nitrogen and oxygen atoms in total. The molecule has 2 rings (SSSR count). The third-order valence-corrected chi connectivity index (χ3v) is 4.33. The first-order valence-corrected chi connectivity index (χ1v) is 7.91. The maximum Gasteiger partial charge on any atom is 0.0331 e. The Labute approximate surface area is 120 Å². The van der Waals surface area contributed by atoms with Gasteiger partial charge in [0.1, 0.15) is 0 Å². The second kappa shape index (κ2) is 6.88. The average molecular weight is 273 g/mol. The van der Waals surface area contributed by atoms with Gasteiger partial charge in [0.15, 0.2) is 0 Å². The first-order valence-electron chi connectivity index (χ1n) is 7.03. The lowest BCUT2D eigenvalue weighted by Crippen LogP contribution is -2.21. The number of hydrogen-bond acceptors (Lipinski definition) is 2. The van der Waals surface area contributed by atoms with Crippen LogP contribution in [0.3, 0.4) is 0 Å². The van der Waals surface area contributed by atoms with Gasteiger partial charge in [-0.2, -0.15) is 0 Å². The molecular formula is C17H23NS. The van der Waals surface area contributed by atoms with Gasteiger partial charge in [-0.3, -0.25) is 0 Å². The first-order chi connectivity index (χ1) is 9.19. The zero-order valence-corrected chi connectivity index (χ0v) is 12.9. The maximum absolute atomic E-state index is 3.60. The quantitative estimate of drug-likeness (QED) is 0.808. The van der Waals surface area contributed by atoms with Crippen molar-refractivity contribution in [3.8, 4) is 0 Å². The topological polar surface area (TPSA) is 12.0 Å². The minimum absolute atomic E-state index is 0.483. The highest BCUT2D eigenvalue weighted by Gasteiger charge is 2.11. The fourth-order valence-corrected chi connectivity index (χ4v) is 3.10. The lowest BCUT2D eigenvalue weighted by molar-refractivity contribution is 0.516. The summed E-state index contributed by atoms with van der Waals surface area (Å²) in [4.78, 5) is 1.40. The predicted molar refractivity (Wildman–Crippen MR) is 85.0 cm³/mol. The molecule has 0 saturated heterocycles. The average Bonchev–Trinajstić information content (AvgIpc) is 2.83. The lowest BCUT2D eigenvalue weighted by atomic mass is 10.00. The fraction of sp³-hybridized carbons (Fsp3) is 0.412. The van der Waals surface area contributed by atoms with Gasteiger partial charge in [0.05, 0.1) is 0 Å². The zero-order valence-electron chi connectivity index (χ0n) is 12.1. The Hall–Kier alpha value is -1.12. The number of benzene rings is 1. The summed E-state index contributed by atoms with van der Waals surface area (Å²) in [6.07, 6.45) is 2.29. The van der Waals surface area contributed by atoms with Crippen molar-refractivity contribution in [1.82, 2.24) is 5.32 Å². The van der Waals surface area contributed by atoms with Crippen LogP contribution in [0, 0.1) is 13.8 Å². The molecule has 1 N–H and O–H groups in total. The number of nitrogens with one attached hydrogen (secondary N) is 1. The molecule has 0 amide bonds. The van der Waals surface area contributed by atoms with Gasteiger partial charge in [0, 0.05) is 10.9 Å². The minimum Gasteiger partial charge on any atom is -0.310 e. The summed E-state index contributed by atoms with van der Waals surface area (Å²) < 4.78 is 0. The molecule has 0 fully saturated rings. The maximum atomic E-state index is 3.60. The van der Waals surface area contributed by atoms with Gasteiger partial charge in [-0.05, 0) is 55.8 Å². The second-order valence-electron chi connectivity index (χ2n) is 5.13. The molecule has 0 saturated carbocycles. The van der Waals surface area contributed by atoms with Crippen molar-refractivity contribution in [2.75, 3.05) is 6.54 Å². The summed E-state index contributed by atoms with van der Waals surface area (Å²) in [6, 6.07) is 11.7. The van der Waals surface area contributed by atoms with Gasteiger partial charge in [-0.1, -0.05) is 36.8 Å². The van der Waals surface area contributed by atoms with Crippen LogP contribution in [0.2, 0.25) is 0 Å². The second-order valence-corrected chi connectivity index (χ2v) is 6.24. The molecule has 1 aromatic carbocycles. The molecule has 1 heterocycles. The molecule has 0 spiro atoms. The molecule has 1 unspecified atom stereocenters. The van der Waals surface area contributed by atoms with Crippen LogP contribution in [-0.4, -0.2) is 6.54 Å². The van der Waals surface area contributed by atoms with Gasteiger partial charge in [-0.25, -0.2) is 0 Å². The molecule has 2 heteroatoms. The summed E-state index contributed by atoms with van der Waals surface area (Å²) in [7, 11) is 0. The Morgan fingerprint density at radius 2 is 1.89 bits per heavy atom. The summed E-state index contributed by atoms with van der Waals surface area (Å²) in [6.45, 7) is 7.52. The molecule has 0 aliphatic carbocycles. The molecule has 1 atom stereocenters. The smallest absolute Gasteiger partial charge is 0.0331 e. The van der Waals surface area contributed by atoms with Gasteiger partial charge in [-0.15, -0.1) is 11.3 Å². The van der Waals surface area contributed by atoms with Gasteiger partial charge >= 0.3 is 0 Å². The van der Waals surface area contributed by atoms with Crippen molar-refractivity contribution in [3.05, 3.63) is 57.3 Å². The van der Waals surface area contributed by atoms with Crippen LogP contribution < -0.4 is 5.32 Å². The van der Waals surface area contributed by atoms with E-state index in [1.54, 1.807) is 0 Å². The predicted octanol–water partition coefficient (Wildman–Crippen LogP) is 4.65.